The lowest BCUT2D eigenvalue weighted by atomic mass is 9.97. The summed E-state index contributed by atoms with van der Waals surface area (Å²) < 4.78 is 41.4. The Labute approximate surface area is 142 Å². The summed E-state index contributed by atoms with van der Waals surface area (Å²) in [5, 5.41) is 13.9. The van der Waals surface area contributed by atoms with E-state index in [0.717, 1.165) is 6.07 Å². The van der Waals surface area contributed by atoms with E-state index in [1.165, 1.54) is 23.1 Å². The molecule has 1 saturated heterocycles. The summed E-state index contributed by atoms with van der Waals surface area (Å²) in [4.78, 5) is 13.9. The van der Waals surface area contributed by atoms with E-state index in [1.54, 1.807) is 23.1 Å². The Balaban J connectivity index is 1.81. The van der Waals surface area contributed by atoms with Gasteiger partial charge < -0.3 is 10.0 Å². The van der Waals surface area contributed by atoms with Crippen molar-refractivity contribution < 1.29 is 23.1 Å². The predicted molar refractivity (Wildman–Crippen MR) is 83.4 cm³/mol. The van der Waals surface area contributed by atoms with E-state index >= 15 is 0 Å². The predicted octanol–water partition coefficient (Wildman–Crippen LogP) is 2.63. The number of halogens is 3. The zero-order valence-electron chi connectivity index (χ0n) is 13.4. The first-order valence-electron chi connectivity index (χ1n) is 7.97. The van der Waals surface area contributed by atoms with E-state index in [9.17, 15) is 23.1 Å². The number of amides is 1. The molecule has 2 aromatic rings. The van der Waals surface area contributed by atoms with Crippen molar-refractivity contribution in [2.75, 3.05) is 6.54 Å². The third-order valence-electron chi connectivity index (χ3n) is 4.34. The molecule has 25 heavy (non-hydrogen) atoms. The minimum Gasteiger partial charge on any atom is -0.391 e. The highest BCUT2D eigenvalue weighted by molar-refractivity contribution is 5.77. The molecule has 2 heterocycles. The van der Waals surface area contributed by atoms with Gasteiger partial charge in [0.05, 0.1) is 17.7 Å². The van der Waals surface area contributed by atoms with E-state index in [0.29, 0.717) is 6.54 Å². The minimum atomic E-state index is -4.51. The highest BCUT2D eigenvalue weighted by atomic mass is 19.4. The van der Waals surface area contributed by atoms with Gasteiger partial charge in [-0.15, -0.1) is 0 Å². The van der Waals surface area contributed by atoms with Crippen molar-refractivity contribution in [1.29, 1.82) is 0 Å². The fourth-order valence-electron chi connectivity index (χ4n) is 3.22. The molecular weight excluding hydrogens is 335 g/mol. The number of rotatable bonds is 4. The van der Waals surface area contributed by atoms with Gasteiger partial charge in [-0.05, 0) is 24.1 Å². The summed E-state index contributed by atoms with van der Waals surface area (Å²) in [6.07, 6.45) is -1.83. The molecule has 1 fully saturated rings. The Hall–Kier alpha value is -2.35. The van der Waals surface area contributed by atoms with Crippen LogP contribution in [0.4, 0.5) is 13.2 Å². The van der Waals surface area contributed by atoms with Crippen molar-refractivity contribution in [1.82, 2.24) is 14.7 Å². The second-order valence-corrected chi connectivity index (χ2v) is 6.06. The summed E-state index contributed by atoms with van der Waals surface area (Å²) in [6, 6.07) is 6.17. The van der Waals surface area contributed by atoms with Crippen LogP contribution in [0.15, 0.2) is 42.7 Å². The van der Waals surface area contributed by atoms with Crippen LogP contribution >= 0.6 is 0 Å². The molecule has 0 aliphatic carbocycles. The van der Waals surface area contributed by atoms with Gasteiger partial charge in [0.1, 0.15) is 0 Å². The van der Waals surface area contributed by atoms with Crippen LogP contribution in [-0.2, 0) is 17.5 Å². The second-order valence-electron chi connectivity index (χ2n) is 6.06. The van der Waals surface area contributed by atoms with Gasteiger partial charge in [0.2, 0.25) is 5.91 Å². The molecule has 1 aromatic carbocycles. The molecule has 1 amide bonds. The van der Waals surface area contributed by atoms with Crippen LogP contribution in [0.1, 0.15) is 30.0 Å². The second kappa shape index (κ2) is 6.87. The fourth-order valence-corrected chi connectivity index (χ4v) is 3.22. The lowest BCUT2D eigenvalue weighted by Gasteiger charge is -2.27. The Morgan fingerprint density at radius 2 is 2.04 bits per heavy atom. The van der Waals surface area contributed by atoms with Crippen LogP contribution in [0.5, 0.6) is 0 Å². The first-order chi connectivity index (χ1) is 11.9. The number of alkyl halides is 3. The molecule has 1 aliphatic rings. The van der Waals surface area contributed by atoms with E-state index in [-0.39, 0.29) is 30.9 Å². The topological polar surface area (TPSA) is 58.4 Å². The molecule has 5 nitrogen and oxygen atoms in total. The molecule has 1 aromatic heterocycles. The monoisotopic (exact) mass is 353 g/mol. The first-order valence-corrected chi connectivity index (χ1v) is 7.97. The summed E-state index contributed by atoms with van der Waals surface area (Å²) >= 11 is 0. The number of aromatic nitrogens is 2. The van der Waals surface area contributed by atoms with Gasteiger partial charge >= 0.3 is 6.18 Å². The number of hydrogen-bond acceptors (Lipinski definition) is 3. The average Bonchev–Trinajstić information content (AvgIpc) is 3.21. The summed E-state index contributed by atoms with van der Waals surface area (Å²) in [5.41, 5.74) is -0.738. The zero-order chi connectivity index (χ0) is 18.0. The Morgan fingerprint density at radius 1 is 1.28 bits per heavy atom. The number of aliphatic hydroxyl groups excluding tert-OH is 1. The molecule has 0 unspecified atom stereocenters. The molecule has 3 rings (SSSR count). The van der Waals surface area contributed by atoms with Gasteiger partial charge in [-0.3, -0.25) is 9.48 Å². The number of aliphatic hydroxyl groups is 1. The van der Waals surface area contributed by atoms with Crippen molar-refractivity contribution in [3.63, 3.8) is 0 Å². The van der Waals surface area contributed by atoms with Gasteiger partial charge in [0.15, 0.2) is 0 Å². The molecule has 134 valence electrons. The average molecular weight is 353 g/mol. The highest BCUT2D eigenvalue weighted by Crippen LogP contribution is 2.40. The number of carbonyl (C=O) groups excluding carboxylic acids is 1. The van der Waals surface area contributed by atoms with E-state index in [2.05, 4.69) is 5.10 Å². The van der Waals surface area contributed by atoms with E-state index < -0.39 is 23.9 Å². The third kappa shape index (κ3) is 3.84. The molecule has 0 spiro atoms. The van der Waals surface area contributed by atoms with Crippen LogP contribution in [-0.4, -0.2) is 38.3 Å². The van der Waals surface area contributed by atoms with Gasteiger partial charge in [-0.2, -0.15) is 18.3 Å². The van der Waals surface area contributed by atoms with Crippen LogP contribution < -0.4 is 0 Å². The number of likely N-dealkylation sites (tertiary alicyclic amines) is 1. The Morgan fingerprint density at radius 3 is 2.72 bits per heavy atom. The van der Waals surface area contributed by atoms with Crippen molar-refractivity contribution in [2.45, 2.75) is 37.7 Å². The molecule has 2 atom stereocenters. The number of benzene rings is 1. The molecule has 0 saturated carbocycles. The number of hydrogen-bond donors (Lipinski definition) is 1. The van der Waals surface area contributed by atoms with Crippen molar-refractivity contribution >= 4 is 5.91 Å². The lowest BCUT2D eigenvalue weighted by molar-refractivity contribution is -0.140. The lowest BCUT2D eigenvalue weighted by Crippen LogP contribution is -2.33. The van der Waals surface area contributed by atoms with Crippen LogP contribution in [0.3, 0.4) is 0 Å². The quantitative estimate of drug-likeness (QED) is 0.919. The largest absolute Gasteiger partial charge is 0.416 e. The van der Waals surface area contributed by atoms with E-state index in [4.69, 9.17) is 0 Å². The number of nitrogens with zero attached hydrogens (tertiary/aromatic N) is 3. The third-order valence-corrected chi connectivity index (χ3v) is 4.34. The molecular formula is C17H18F3N3O2. The van der Waals surface area contributed by atoms with Crippen molar-refractivity contribution in [3.8, 4) is 0 Å². The summed E-state index contributed by atoms with van der Waals surface area (Å²) in [7, 11) is 0. The molecule has 0 bridgehead atoms. The Kier molecular flexibility index (Phi) is 4.80. The minimum absolute atomic E-state index is 0.0268. The maximum atomic E-state index is 13.3. The van der Waals surface area contributed by atoms with Crippen LogP contribution in [0.25, 0.3) is 0 Å². The van der Waals surface area contributed by atoms with Gasteiger partial charge in [0.25, 0.3) is 0 Å². The smallest absolute Gasteiger partial charge is 0.391 e. The van der Waals surface area contributed by atoms with Gasteiger partial charge in [-0.25, -0.2) is 0 Å². The SMILES string of the molecule is O=C(CCn1cccn1)N1C[C@H](O)C[C@H]1c1ccccc1C(F)(F)F. The molecule has 1 N–H and O–H groups in total. The number of β-amino-alcohol motifs (C(OH)–C–C–N with tert-alkyl or cyclic N) is 1. The maximum Gasteiger partial charge on any atom is 0.416 e. The molecule has 1 aliphatic heterocycles. The van der Waals surface area contributed by atoms with Crippen LogP contribution in [0.2, 0.25) is 0 Å². The van der Waals surface area contributed by atoms with Gasteiger partial charge in [0, 0.05) is 31.9 Å². The number of aryl methyl sites for hydroxylation is 1. The summed E-state index contributed by atoms with van der Waals surface area (Å²) in [6.45, 7) is 0.376. The van der Waals surface area contributed by atoms with Crippen molar-refractivity contribution in [3.05, 3.63) is 53.9 Å². The molecule has 0 radical (unpaired) electrons. The summed E-state index contributed by atoms with van der Waals surface area (Å²) in [5.74, 6) is -0.297. The zero-order valence-corrected chi connectivity index (χ0v) is 13.4. The van der Waals surface area contributed by atoms with Crippen molar-refractivity contribution in [2.24, 2.45) is 0 Å². The standard InChI is InChI=1S/C17H18F3N3O2/c18-17(19,20)14-5-2-1-4-13(14)15-10-12(24)11-23(15)16(25)6-9-22-8-3-7-21-22/h1-5,7-8,12,15,24H,6,9-11H2/t12-,15+/m1/s1. The van der Waals surface area contributed by atoms with Crippen LogP contribution in [0, 0.1) is 0 Å². The number of carbonyl (C=O) groups is 1. The van der Waals surface area contributed by atoms with Gasteiger partial charge in [-0.1, -0.05) is 18.2 Å². The fraction of sp³-hybridized carbons (Fsp3) is 0.412. The normalized spacial score (nSPS) is 20.9. The maximum absolute atomic E-state index is 13.3. The highest BCUT2D eigenvalue weighted by Gasteiger charge is 2.41. The molecule has 8 heteroatoms. The Bertz CT molecular complexity index is 731. The van der Waals surface area contributed by atoms with E-state index in [1.807, 2.05) is 0 Å². The first kappa shape index (κ1) is 17.5.